The Morgan fingerprint density at radius 2 is 1.67 bits per heavy atom. The molecule has 0 heterocycles. The summed E-state index contributed by atoms with van der Waals surface area (Å²) in [6, 6.07) is 0. The topological polar surface area (TPSA) is 46.5 Å². The summed E-state index contributed by atoms with van der Waals surface area (Å²) in [5.74, 6) is 0.135. The van der Waals surface area contributed by atoms with E-state index in [0.717, 1.165) is 19.3 Å². The van der Waals surface area contributed by atoms with Crippen molar-refractivity contribution in [3.05, 3.63) is 40.4 Å². The second-order valence-electron chi connectivity index (χ2n) is 4.65. The second kappa shape index (κ2) is 9.51. The molecule has 0 aliphatic rings. The number of hydrogen-bond acceptors (Lipinski definition) is 3. The number of ketones is 1. The van der Waals surface area contributed by atoms with Crippen molar-refractivity contribution in [3.8, 4) is 0 Å². The fourth-order valence-electron chi connectivity index (χ4n) is 1.47. The van der Waals surface area contributed by atoms with Crippen molar-refractivity contribution < 1.29 is 4.79 Å². The molecule has 0 saturated carbocycles. The van der Waals surface area contributed by atoms with Crippen molar-refractivity contribution in [2.24, 2.45) is 5.18 Å². The number of nitrogens with zero attached hydrogens (tertiary/aromatic N) is 1. The highest BCUT2D eigenvalue weighted by Crippen LogP contribution is 2.11. The van der Waals surface area contributed by atoms with Gasteiger partial charge < -0.3 is 0 Å². The molecule has 0 atom stereocenters. The molecule has 3 heteroatoms. The fraction of sp³-hybridized carbons (Fsp3) is 0.533. The van der Waals surface area contributed by atoms with E-state index in [1.165, 1.54) is 11.1 Å². The standard InChI is InChI=1S/C15H23NO2/c1-12(2)15(17)9-8-13(3)6-5-7-14(4)10-11-16-18/h6,10H,1,5,7-9,11H2,2-4H3. The Balaban J connectivity index is 3.94. The first-order valence-electron chi connectivity index (χ1n) is 6.26. The van der Waals surface area contributed by atoms with Crippen LogP contribution in [-0.4, -0.2) is 12.3 Å². The van der Waals surface area contributed by atoms with Crippen LogP contribution in [0.25, 0.3) is 0 Å². The maximum absolute atomic E-state index is 11.4. The van der Waals surface area contributed by atoms with E-state index in [2.05, 4.69) is 17.8 Å². The predicted molar refractivity (Wildman–Crippen MR) is 76.5 cm³/mol. The third-order valence-electron chi connectivity index (χ3n) is 2.77. The molecule has 0 amide bonds. The molecule has 0 fully saturated rings. The van der Waals surface area contributed by atoms with Gasteiger partial charge >= 0.3 is 0 Å². The number of hydrogen-bond donors (Lipinski definition) is 0. The summed E-state index contributed by atoms with van der Waals surface area (Å²) in [4.78, 5) is 21.3. The van der Waals surface area contributed by atoms with E-state index in [1.807, 2.05) is 19.9 Å². The Hall–Kier alpha value is -1.51. The summed E-state index contributed by atoms with van der Waals surface area (Å²) in [5.41, 5.74) is 3.03. The minimum Gasteiger partial charge on any atom is -0.295 e. The summed E-state index contributed by atoms with van der Waals surface area (Å²) in [6.45, 7) is 9.67. The molecule has 0 bridgehead atoms. The zero-order valence-corrected chi connectivity index (χ0v) is 11.7. The molecule has 0 aliphatic heterocycles. The summed E-state index contributed by atoms with van der Waals surface area (Å²) < 4.78 is 0. The molecule has 0 unspecified atom stereocenters. The zero-order chi connectivity index (χ0) is 14.0. The number of carbonyl (C=O) groups is 1. The average molecular weight is 249 g/mol. The van der Waals surface area contributed by atoms with Crippen molar-refractivity contribution >= 4 is 5.78 Å². The van der Waals surface area contributed by atoms with Crippen molar-refractivity contribution in [2.45, 2.75) is 46.5 Å². The first-order valence-corrected chi connectivity index (χ1v) is 6.26. The van der Waals surface area contributed by atoms with Gasteiger partial charge in [0.25, 0.3) is 0 Å². The monoisotopic (exact) mass is 249 g/mol. The normalized spacial score (nSPS) is 12.4. The van der Waals surface area contributed by atoms with E-state index in [0.29, 0.717) is 12.0 Å². The summed E-state index contributed by atoms with van der Waals surface area (Å²) >= 11 is 0. The van der Waals surface area contributed by atoms with E-state index in [1.54, 1.807) is 6.92 Å². The van der Waals surface area contributed by atoms with Gasteiger partial charge in [0.2, 0.25) is 0 Å². The lowest BCUT2D eigenvalue weighted by Gasteiger charge is -2.02. The Morgan fingerprint density at radius 3 is 2.22 bits per heavy atom. The summed E-state index contributed by atoms with van der Waals surface area (Å²) in [5, 5.41) is 2.80. The lowest BCUT2D eigenvalue weighted by atomic mass is 10.0. The molecular formula is C15H23NO2. The van der Waals surface area contributed by atoms with Crippen LogP contribution < -0.4 is 0 Å². The van der Waals surface area contributed by atoms with Crippen LogP contribution in [0.15, 0.2) is 40.6 Å². The van der Waals surface area contributed by atoms with Gasteiger partial charge in [-0.2, -0.15) is 4.91 Å². The molecule has 0 spiro atoms. The van der Waals surface area contributed by atoms with Crippen molar-refractivity contribution in [1.82, 2.24) is 0 Å². The van der Waals surface area contributed by atoms with Gasteiger partial charge in [-0.15, -0.1) is 0 Å². The number of allylic oxidation sites excluding steroid dienone is 4. The molecule has 0 aliphatic carbocycles. The minimum absolute atomic E-state index is 0.135. The van der Waals surface area contributed by atoms with E-state index >= 15 is 0 Å². The van der Waals surface area contributed by atoms with Gasteiger partial charge in [0, 0.05) is 6.42 Å². The van der Waals surface area contributed by atoms with Crippen LogP contribution in [0.1, 0.15) is 46.5 Å². The second-order valence-corrected chi connectivity index (χ2v) is 4.65. The molecular weight excluding hydrogens is 226 g/mol. The number of Topliss-reactive ketones (excluding diaryl/α,β-unsaturated/α-hetero) is 1. The Kier molecular flexibility index (Phi) is 8.71. The van der Waals surface area contributed by atoms with Crippen LogP contribution in [0.5, 0.6) is 0 Å². The molecule has 0 N–H and O–H groups in total. The quantitative estimate of drug-likeness (QED) is 0.346. The van der Waals surface area contributed by atoms with Crippen molar-refractivity contribution in [1.29, 1.82) is 0 Å². The van der Waals surface area contributed by atoms with Gasteiger partial charge in [-0.3, -0.25) is 4.79 Å². The third-order valence-corrected chi connectivity index (χ3v) is 2.77. The highest BCUT2D eigenvalue weighted by atomic mass is 16.3. The van der Waals surface area contributed by atoms with Gasteiger partial charge in [0.15, 0.2) is 5.78 Å². The Morgan fingerprint density at radius 1 is 1.06 bits per heavy atom. The first kappa shape index (κ1) is 16.5. The van der Waals surface area contributed by atoms with Crippen LogP contribution in [0.4, 0.5) is 0 Å². The van der Waals surface area contributed by atoms with Gasteiger partial charge in [-0.05, 0) is 45.6 Å². The van der Waals surface area contributed by atoms with Crippen LogP contribution in [0.2, 0.25) is 0 Å². The molecule has 0 aromatic rings. The van der Waals surface area contributed by atoms with Gasteiger partial charge in [-0.25, -0.2) is 0 Å². The predicted octanol–water partition coefficient (Wildman–Crippen LogP) is 4.35. The van der Waals surface area contributed by atoms with E-state index in [-0.39, 0.29) is 12.3 Å². The average Bonchev–Trinajstić information content (AvgIpc) is 2.33. The minimum atomic E-state index is 0.135. The SMILES string of the molecule is C=C(C)C(=O)CCC(C)=CCCC(C)=CCN=O. The van der Waals surface area contributed by atoms with E-state index in [9.17, 15) is 9.70 Å². The lowest BCUT2D eigenvalue weighted by Crippen LogP contribution is -1.98. The first-order chi connectivity index (χ1) is 8.47. The molecule has 0 aromatic heterocycles. The fourth-order valence-corrected chi connectivity index (χ4v) is 1.47. The van der Waals surface area contributed by atoms with Crippen LogP contribution in [-0.2, 0) is 4.79 Å². The van der Waals surface area contributed by atoms with Crippen molar-refractivity contribution in [2.75, 3.05) is 6.54 Å². The number of rotatable bonds is 9. The van der Waals surface area contributed by atoms with Gasteiger partial charge in [-0.1, -0.05) is 35.1 Å². The maximum atomic E-state index is 11.4. The molecule has 0 aromatic carbocycles. The Labute approximate surface area is 110 Å². The summed E-state index contributed by atoms with van der Waals surface area (Å²) in [7, 11) is 0. The van der Waals surface area contributed by atoms with Crippen LogP contribution in [0.3, 0.4) is 0 Å². The van der Waals surface area contributed by atoms with Crippen molar-refractivity contribution in [3.63, 3.8) is 0 Å². The smallest absolute Gasteiger partial charge is 0.158 e. The third kappa shape index (κ3) is 8.62. The zero-order valence-electron chi connectivity index (χ0n) is 11.7. The van der Waals surface area contributed by atoms with E-state index in [4.69, 9.17) is 0 Å². The molecule has 0 rings (SSSR count). The molecule has 18 heavy (non-hydrogen) atoms. The molecule has 100 valence electrons. The van der Waals surface area contributed by atoms with Gasteiger partial charge in [0.05, 0.1) is 6.54 Å². The van der Waals surface area contributed by atoms with E-state index < -0.39 is 0 Å². The van der Waals surface area contributed by atoms with Crippen LogP contribution in [0, 0.1) is 4.91 Å². The van der Waals surface area contributed by atoms with Gasteiger partial charge in [0.1, 0.15) is 0 Å². The maximum Gasteiger partial charge on any atom is 0.158 e. The number of carbonyl (C=O) groups excluding carboxylic acids is 1. The molecule has 0 radical (unpaired) electrons. The molecule has 3 nitrogen and oxygen atoms in total. The number of nitroso groups, excluding NO2 is 1. The highest BCUT2D eigenvalue weighted by Gasteiger charge is 2.02. The largest absolute Gasteiger partial charge is 0.295 e. The highest BCUT2D eigenvalue weighted by molar-refractivity contribution is 5.94. The molecule has 0 saturated heterocycles. The Bertz CT molecular complexity index is 365. The van der Waals surface area contributed by atoms with Crippen LogP contribution >= 0.6 is 0 Å². The summed E-state index contributed by atoms with van der Waals surface area (Å²) in [6.07, 6.45) is 7.21. The lowest BCUT2D eigenvalue weighted by molar-refractivity contribution is -0.115.